The topological polar surface area (TPSA) is 86.2 Å². The second-order valence-electron chi connectivity index (χ2n) is 9.61. The Kier molecular flexibility index (Phi) is 8.86. The van der Waals surface area contributed by atoms with Gasteiger partial charge in [0, 0.05) is 42.8 Å². The van der Waals surface area contributed by atoms with Crippen molar-refractivity contribution >= 4 is 11.4 Å². The zero-order valence-corrected chi connectivity index (χ0v) is 21.2. The SMILES string of the molecule is C=CN=C(C)C(=NC)c1ccc(C(CO)NC(=C)C2CCCN2C(=C2CC2)C(N)C(C)C)cc1. The summed E-state index contributed by atoms with van der Waals surface area (Å²) in [5.74, 6) is 0.394. The van der Waals surface area contributed by atoms with E-state index in [9.17, 15) is 5.11 Å². The zero-order chi connectivity index (χ0) is 24.8. The molecule has 1 aromatic rings. The van der Waals surface area contributed by atoms with E-state index in [1.165, 1.54) is 17.5 Å². The van der Waals surface area contributed by atoms with E-state index >= 15 is 0 Å². The first-order chi connectivity index (χ1) is 16.3. The molecule has 1 heterocycles. The van der Waals surface area contributed by atoms with Gasteiger partial charge in [0.1, 0.15) is 0 Å². The molecule has 1 saturated carbocycles. The van der Waals surface area contributed by atoms with Crippen molar-refractivity contribution in [1.29, 1.82) is 0 Å². The van der Waals surface area contributed by atoms with Crippen molar-refractivity contribution in [3.05, 3.63) is 71.7 Å². The average Bonchev–Trinajstić information content (AvgIpc) is 3.54. The van der Waals surface area contributed by atoms with E-state index in [-0.39, 0.29) is 24.7 Å². The fourth-order valence-corrected chi connectivity index (χ4v) is 4.81. The normalized spacial score (nSPS) is 20.4. The second kappa shape index (κ2) is 11.6. The number of aliphatic hydroxyl groups excluding tert-OH is 1. The van der Waals surface area contributed by atoms with Gasteiger partial charge in [0.15, 0.2) is 0 Å². The number of hydrogen-bond donors (Lipinski definition) is 3. The summed E-state index contributed by atoms with van der Waals surface area (Å²) in [5.41, 5.74) is 14.0. The Balaban J connectivity index is 1.75. The molecule has 3 atom stereocenters. The summed E-state index contributed by atoms with van der Waals surface area (Å²) in [4.78, 5) is 11.1. The summed E-state index contributed by atoms with van der Waals surface area (Å²) in [7, 11) is 1.76. The van der Waals surface area contributed by atoms with Gasteiger partial charge in [-0.3, -0.25) is 9.98 Å². The molecule has 184 valence electrons. The van der Waals surface area contributed by atoms with Gasteiger partial charge >= 0.3 is 0 Å². The van der Waals surface area contributed by atoms with Gasteiger partial charge in [0.2, 0.25) is 0 Å². The average molecular weight is 464 g/mol. The first kappa shape index (κ1) is 25.9. The summed E-state index contributed by atoms with van der Waals surface area (Å²) in [6.07, 6.45) is 6.01. The molecular weight excluding hydrogens is 422 g/mol. The molecule has 0 amide bonds. The maximum absolute atomic E-state index is 10.2. The Bertz CT molecular complexity index is 967. The lowest BCUT2D eigenvalue weighted by Gasteiger charge is -2.36. The van der Waals surface area contributed by atoms with Crippen LogP contribution in [0, 0.1) is 5.92 Å². The molecule has 2 aliphatic rings. The Morgan fingerprint density at radius 2 is 1.97 bits per heavy atom. The van der Waals surface area contributed by atoms with E-state index in [1.54, 1.807) is 7.05 Å². The smallest absolute Gasteiger partial charge is 0.0854 e. The summed E-state index contributed by atoms with van der Waals surface area (Å²) in [5, 5.41) is 13.7. The first-order valence-electron chi connectivity index (χ1n) is 12.3. The number of nitrogens with two attached hydrogens (primary N) is 1. The van der Waals surface area contributed by atoms with Crippen LogP contribution in [0.2, 0.25) is 0 Å². The van der Waals surface area contributed by atoms with Crippen LogP contribution in [0.1, 0.15) is 63.6 Å². The third-order valence-electron chi connectivity index (χ3n) is 6.84. The fourth-order valence-electron chi connectivity index (χ4n) is 4.81. The molecule has 6 heteroatoms. The molecule has 0 radical (unpaired) electrons. The maximum Gasteiger partial charge on any atom is 0.0854 e. The van der Waals surface area contributed by atoms with E-state index in [1.807, 2.05) is 31.2 Å². The van der Waals surface area contributed by atoms with Crippen molar-refractivity contribution in [3.63, 3.8) is 0 Å². The quantitative estimate of drug-likeness (QED) is 0.426. The zero-order valence-electron chi connectivity index (χ0n) is 21.2. The van der Waals surface area contributed by atoms with Crippen molar-refractivity contribution in [3.8, 4) is 0 Å². The van der Waals surface area contributed by atoms with Crippen LogP contribution in [-0.2, 0) is 0 Å². The molecule has 4 N–H and O–H groups in total. The lowest BCUT2D eigenvalue weighted by molar-refractivity contribution is 0.241. The Labute approximate surface area is 205 Å². The largest absolute Gasteiger partial charge is 0.394 e. The third kappa shape index (κ3) is 5.86. The monoisotopic (exact) mass is 463 g/mol. The Morgan fingerprint density at radius 3 is 2.50 bits per heavy atom. The van der Waals surface area contributed by atoms with E-state index < -0.39 is 0 Å². The van der Waals surface area contributed by atoms with Crippen LogP contribution in [0.15, 0.2) is 70.6 Å². The van der Waals surface area contributed by atoms with E-state index in [0.29, 0.717) is 5.92 Å². The highest BCUT2D eigenvalue weighted by Crippen LogP contribution is 2.39. The van der Waals surface area contributed by atoms with Gasteiger partial charge < -0.3 is 21.1 Å². The van der Waals surface area contributed by atoms with Crippen molar-refractivity contribution in [2.75, 3.05) is 20.2 Å². The Morgan fingerprint density at radius 1 is 1.29 bits per heavy atom. The molecule has 1 aliphatic heterocycles. The number of aliphatic hydroxyl groups is 1. The van der Waals surface area contributed by atoms with Crippen LogP contribution in [0.3, 0.4) is 0 Å². The minimum Gasteiger partial charge on any atom is -0.394 e. The number of nitrogens with one attached hydrogen (secondary N) is 1. The molecule has 34 heavy (non-hydrogen) atoms. The van der Waals surface area contributed by atoms with E-state index in [2.05, 4.69) is 47.2 Å². The van der Waals surface area contributed by atoms with Crippen LogP contribution in [-0.4, -0.2) is 53.7 Å². The molecule has 0 aromatic heterocycles. The molecule has 2 fully saturated rings. The van der Waals surface area contributed by atoms with Crippen LogP contribution in [0.25, 0.3) is 0 Å². The van der Waals surface area contributed by atoms with Crippen molar-refractivity contribution in [1.82, 2.24) is 10.2 Å². The molecule has 0 spiro atoms. The van der Waals surface area contributed by atoms with Crippen LogP contribution in [0.5, 0.6) is 0 Å². The maximum atomic E-state index is 10.2. The van der Waals surface area contributed by atoms with Gasteiger partial charge in [-0.2, -0.15) is 0 Å². The van der Waals surface area contributed by atoms with Gasteiger partial charge in [0.05, 0.1) is 30.1 Å². The molecule has 1 saturated heterocycles. The van der Waals surface area contributed by atoms with Crippen LogP contribution in [0.4, 0.5) is 0 Å². The van der Waals surface area contributed by atoms with Crippen molar-refractivity contribution < 1.29 is 5.11 Å². The fraction of sp³-hybridized carbons (Fsp3) is 0.500. The van der Waals surface area contributed by atoms with Gasteiger partial charge in [0.25, 0.3) is 0 Å². The number of likely N-dealkylation sites (tertiary alicyclic amines) is 1. The molecule has 1 aromatic carbocycles. The molecule has 0 bridgehead atoms. The van der Waals surface area contributed by atoms with Gasteiger partial charge in [-0.05, 0) is 49.7 Å². The highest BCUT2D eigenvalue weighted by Gasteiger charge is 2.36. The van der Waals surface area contributed by atoms with Gasteiger partial charge in [-0.25, -0.2) is 0 Å². The van der Waals surface area contributed by atoms with Crippen molar-refractivity contribution in [2.24, 2.45) is 21.6 Å². The summed E-state index contributed by atoms with van der Waals surface area (Å²) in [6, 6.07) is 8.11. The predicted molar refractivity (Wildman–Crippen MR) is 143 cm³/mol. The molecule has 3 rings (SSSR count). The molecule has 3 unspecified atom stereocenters. The molecule has 1 aliphatic carbocycles. The number of aliphatic imine (C=N–C) groups is 2. The number of allylic oxidation sites excluding steroid dienone is 1. The third-order valence-corrected chi connectivity index (χ3v) is 6.84. The van der Waals surface area contributed by atoms with Gasteiger partial charge in [-0.1, -0.05) is 51.3 Å². The summed E-state index contributed by atoms with van der Waals surface area (Å²) < 4.78 is 0. The van der Waals surface area contributed by atoms with Crippen LogP contribution < -0.4 is 11.1 Å². The Hall–Kier alpha value is -2.70. The minimum atomic E-state index is -0.232. The van der Waals surface area contributed by atoms with E-state index in [0.717, 1.165) is 60.5 Å². The van der Waals surface area contributed by atoms with Crippen molar-refractivity contribution in [2.45, 2.75) is 64.6 Å². The minimum absolute atomic E-state index is 0.0176. The second-order valence-corrected chi connectivity index (χ2v) is 9.61. The van der Waals surface area contributed by atoms with E-state index in [4.69, 9.17) is 5.73 Å². The lowest BCUT2D eigenvalue weighted by atomic mass is 9.98. The highest BCUT2D eigenvalue weighted by atomic mass is 16.3. The summed E-state index contributed by atoms with van der Waals surface area (Å²) in [6.45, 7) is 15.4. The summed E-state index contributed by atoms with van der Waals surface area (Å²) >= 11 is 0. The van der Waals surface area contributed by atoms with Crippen LogP contribution >= 0.6 is 0 Å². The number of nitrogens with zero attached hydrogens (tertiary/aromatic N) is 3. The number of hydrogen-bond acceptors (Lipinski definition) is 6. The highest BCUT2D eigenvalue weighted by molar-refractivity contribution is 6.47. The predicted octanol–water partition coefficient (Wildman–Crippen LogP) is 4.34. The lowest BCUT2D eigenvalue weighted by Crippen LogP contribution is -2.43. The molecular formula is C28H41N5O. The van der Waals surface area contributed by atoms with Gasteiger partial charge in [-0.15, -0.1) is 0 Å². The first-order valence-corrected chi connectivity index (χ1v) is 12.3. The molecule has 6 nitrogen and oxygen atoms in total. The number of rotatable bonds is 11. The standard InChI is InChI=1S/C28H41N5O/c1-7-31-20(5)27(30-6)22-12-10-21(11-13-22)24(17-34)32-19(4)25-9-8-16-33(25)28(23-14-15-23)26(29)18(2)3/h7,10-13,18,24-26,32,34H,1,4,8-9,14-17,29H2,2-3,5-6H3. The number of benzene rings is 1.